The van der Waals surface area contributed by atoms with Crippen LogP contribution in [0.1, 0.15) is 19.4 Å². The minimum absolute atomic E-state index is 0.155. The molecule has 158 valence electrons. The van der Waals surface area contributed by atoms with Gasteiger partial charge in [0, 0.05) is 30.9 Å². The molecule has 0 aliphatic rings. The second-order valence-electron chi connectivity index (χ2n) is 6.62. The summed E-state index contributed by atoms with van der Waals surface area (Å²) in [6.07, 6.45) is 0. The number of carbonyl (C=O) groups excluding carboxylic acids is 1. The lowest BCUT2D eigenvalue weighted by atomic mass is 10.2. The number of methoxy groups -OCH3 is 2. The average molecular weight is 422 g/mol. The summed E-state index contributed by atoms with van der Waals surface area (Å²) in [6, 6.07) is 10.8. The highest BCUT2D eigenvalue weighted by molar-refractivity contribution is 7.89. The molecule has 0 saturated carbocycles. The van der Waals surface area contributed by atoms with E-state index in [9.17, 15) is 13.2 Å². The topological polar surface area (TPSA) is 97.0 Å². The Hall–Kier alpha value is -2.78. The third-order valence-corrected chi connectivity index (χ3v) is 6.49. The first-order valence-electron chi connectivity index (χ1n) is 9.03. The van der Waals surface area contributed by atoms with Crippen molar-refractivity contribution in [2.75, 3.05) is 26.6 Å². The number of anilines is 1. The number of ether oxygens (including phenoxy) is 2. The fraction of sp³-hybridized carbons (Fsp3) is 0.350. The molecular weight excluding hydrogens is 394 g/mol. The summed E-state index contributed by atoms with van der Waals surface area (Å²) < 4.78 is 36.7. The number of rotatable bonds is 8. The predicted molar refractivity (Wildman–Crippen MR) is 112 cm³/mol. The Bertz CT molecular complexity index is 943. The first-order valence-corrected chi connectivity index (χ1v) is 10.5. The highest BCUT2D eigenvalue weighted by Crippen LogP contribution is 2.24. The predicted octanol–water partition coefficient (Wildman–Crippen LogP) is 3.05. The molecule has 0 heterocycles. The Morgan fingerprint density at radius 1 is 1.07 bits per heavy atom. The quantitative estimate of drug-likeness (QED) is 0.683. The molecule has 9 heteroatoms. The summed E-state index contributed by atoms with van der Waals surface area (Å²) in [5.74, 6) is 1.29. The molecule has 0 unspecified atom stereocenters. The van der Waals surface area contributed by atoms with Crippen LogP contribution in [0.3, 0.4) is 0 Å². The molecule has 0 aliphatic heterocycles. The Labute approximate surface area is 171 Å². The molecule has 0 fully saturated rings. The number of hydrogen-bond acceptors (Lipinski definition) is 5. The third-order valence-electron chi connectivity index (χ3n) is 4.44. The number of nitrogens with zero attached hydrogens (tertiary/aromatic N) is 1. The van der Waals surface area contributed by atoms with Gasteiger partial charge < -0.3 is 20.1 Å². The normalized spacial score (nSPS) is 11.4. The zero-order valence-electron chi connectivity index (χ0n) is 17.2. The number of nitrogens with one attached hydrogen (secondary N) is 2. The van der Waals surface area contributed by atoms with Crippen molar-refractivity contribution < 1.29 is 22.7 Å². The van der Waals surface area contributed by atoms with Crippen molar-refractivity contribution in [1.29, 1.82) is 0 Å². The Morgan fingerprint density at radius 2 is 1.72 bits per heavy atom. The van der Waals surface area contributed by atoms with E-state index in [2.05, 4.69) is 10.6 Å². The summed E-state index contributed by atoms with van der Waals surface area (Å²) >= 11 is 0. The molecule has 0 radical (unpaired) electrons. The van der Waals surface area contributed by atoms with Crippen LogP contribution < -0.4 is 20.1 Å². The second-order valence-corrected chi connectivity index (χ2v) is 8.62. The summed E-state index contributed by atoms with van der Waals surface area (Å²) in [4.78, 5) is 12.4. The van der Waals surface area contributed by atoms with Crippen molar-refractivity contribution in [3.05, 3.63) is 48.0 Å². The Kier molecular flexibility index (Phi) is 7.46. The van der Waals surface area contributed by atoms with Crippen LogP contribution in [0.4, 0.5) is 10.5 Å². The molecule has 2 aromatic carbocycles. The van der Waals surface area contributed by atoms with E-state index in [0.717, 1.165) is 5.56 Å². The molecule has 0 atom stereocenters. The number of benzene rings is 2. The van der Waals surface area contributed by atoms with Crippen molar-refractivity contribution in [3.63, 3.8) is 0 Å². The summed E-state index contributed by atoms with van der Waals surface area (Å²) in [5.41, 5.74) is 1.24. The van der Waals surface area contributed by atoms with Gasteiger partial charge in [-0.25, -0.2) is 13.2 Å². The molecular formula is C20H27N3O5S. The van der Waals surface area contributed by atoms with Crippen molar-refractivity contribution in [2.45, 2.75) is 31.3 Å². The van der Waals surface area contributed by atoms with Gasteiger partial charge in [-0.2, -0.15) is 4.31 Å². The molecule has 8 nitrogen and oxygen atoms in total. The maximum absolute atomic E-state index is 12.5. The number of hydrogen-bond donors (Lipinski definition) is 2. The van der Waals surface area contributed by atoms with Crippen LogP contribution in [0.5, 0.6) is 11.5 Å². The van der Waals surface area contributed by atoms with Crippen LogP contribution in [0, 0.1) is 0 Å². The molecule has 0 bridgehead atoms. The van der Waals surface area contributed by atoms with Crippen LogP contribution in [0.15, 0.2) is 47.4 Å². The largest absolute Gasteiger partial charge is 0.497 e. The maximum atomic E-state index is 12.5. The Morgan fingerprint density at radius 3 is 2.28 bits per heavy atom. The highest BCUT2D eigenvalue weighted by Gasteiger charge is 2.22. The molecule has 0 aliphatic carbocycles. The van der Waals surface area contributed by atoms with Crippen LogP contribution in [-0.2, 0) is 16.6 Å². The van der Waals surface area contributed by atoms with Crippen LogP contribution in [0.25, 0.3) is 0 Å². The zero-order valence-corrected chi connectivity index (χ0v) is 18.0. The molecule has 2 amide bonds. The molecule has 0 spiro atoms. The van der Waals surface area contributed by atoms with E-state index >= 15 is 0 Å². The number of urea groups is 1. The van der Waals surface area contributed by atoms with Crippen molar-refractivity contribution in [1.82, 2.24) is 9.62 Å². The van der Waals surface area contributed by atoms with E-state index < -0.39 is 16.1 Å². The highest BCUT2D eigenvalue weighted by atomic mass is 32.2. The van der Waals surface area contributed by atoms with E-state index in [1.807, 2.05) is 0 Å². The van der Waals surface area contributed by atoms with Gasteiger partial charge in [-0.3, -0.25) is 0 Å². The number of sulfonamides is 1. The summed E-state index contributed by atoms with van der Waals surface area (Å²) in [6.45, 7) is 3.84. The first-order chi connectivity index (χ1) is 13.7. The van der Waals surface area contributed by atoms with Gasteiger partial charge >= 0.3 is 6.03 Å². The van der Waals surface area contributed by atoms with Crippen molar-refractivity contribution >= 4 is 21.7 Å². The Balaban J connectivity index is 2.02. The molecule has 2 N–H and O–H groups in total. The van der Waals surface area contributed by atoms with Gasteiger partial charge in [0.1, 0.15) is 11.5 Å². The summed E-state index contributed by atoms with van der Waals surface area (Å²) in [7, 11) is 1.09. The standard InChI is InChI=1S/C20H27N3O5S/c1-14(2)23(3)29(25,26)18-9-6-16(7-10-18)22-20(24)21-13-15-12-17(27-4)8-11-19(15)28-5/h6-12,14H,13H2,1-5H3,(H2,21,22,24). The minimum Gasteiger partial charge on any atom is -0.497 e. The fourth-order valence-electron chi connectivity index (χ4n) is 2.52. The van der Waals surface area contributed by atoms with E-state index in [1.165, 1.54) is 23.5 Å². The molecule has 2 rings (SSSR count). The first kappa shape index (κ1) is 22.5. The second kappa shape index (κ2) is 9.62. The lowest BCUT2D eigenvalue weighted by Crippen LogP contribution is -2.33. The minimum atomic E-state index is -3.56. The van der Waals surface area contributed by atoms with E-state index in [1.54, 1.807) is 58.4 Å². The van der Waals surface area contributed by atoms with Crippen molar-refractivity contribution in [2.24, 2.45) is 0 Å². The average Bonchev–Trinajstić information content (AvgIpc) is 2.71. The molecule has 2 aromatic rings. The van der Waals surface area contributed by atoms with E-state index in [4.69, 9.17) is 9.47 Å². The molecule has 29 heavy (non-hydrogen) atoms. The van der Waals surface area contributed by atoms with Gasteiger partial charge in [0.2, 0.25) is 10.0 Å². The van der Waals surface area contributed by atoms with Gasteiger partial charge in [-0.05, 0) is 56.3 Å². The zero-order chi connectivity index (χ0) is 21.6. The smallest absolute Gasteiger partial charge is 0.319 e. The third kappa shape index (κ3) is 5.61. The van der Waals surface area contributed by atoms with Gasteiger partial charge in [-0.15, -0.1) is 0 Å². The molecule has 0 aromatic heterocycles. The van der Waals surface area contributed by atoms with Crippen LogP contribution in [0.2, 0.25) is 0 Å². The van der Waals surface area contributed by atoms with Gasteiger partial charge in [0.05, 0.1) is 19.1 Å². The maximum Gasteiger partial charge on any atom is 0.319 e. The SMILES string of the molecule is COc1ccc(OC)c(CNC(=O)Nc2ccc(S(=O)(=O)N(C)C(C)C)cc2)c1. The van der Waals surface area contributed by atoms with Gasteiger partial charge in [0.15, 0.2) is 0 Å². The lowest BCUT2D eigenvalue weighted by molar-refractivity contribution is 0.251. The number of amides is 2. The van der Waals surface area contributed by atoms with Crippen molar-refractivity contribution in [3.8, 4) is 11.5 Å². The van der Waals surface area contributed by atoms with E-state index in [-0.39, 0.29) is 17.5 Å². The monoisotopic (exact) mass is 421 g/mol. The fourth-order valence-corrected chi connectivity index (χ4v) is 3.89. The molecule has 0 saturated heterocycles. The number of carbonyl (C=O) groups is 1. The van der Waals surface area contributed by atoms with Crippen LogP contribution >= 0.6 is 0 Å². The van der Waals surface area contributed by atoms with Gasteiger partial charge in [0.25, 0.3) is 0 Å². The van der Waals surface area contributed by atoms with E-state index in [0.29, 0.717) is 17.2 Å². The summed E-state index contributed by atoms with van der Waals surface area (Å²) in [5, 5.41) is 5.42. The van der Waals surface area contributed by atoms with Crippen LogP contribution in [-0.4, -0.2) is 46.1 Å². The van der Waals surface area contributed by atoms with Gasteiger partial charge in [-0.1, -0.05) is 0 Å². The lowest BCUT2D eigenvalue weighted by Gasteiger charge is -2.21.